The van der Waals surface area contributed by atoms with Crippen LogP contribution in [0.2, 0.25) is 0 Å². The fourth-order valence-corrected chi connectivity index (χ4v) is 1.93. The van der Waals surface area contributed by atoms with Gasteiger partial charge in [-0.05, 0) is 25.7 Å². The van der Waals surface area contributed by atoms with Crippen molar-refractivity contribution in [1.29, 1.82) is 0 Å². The summed E-state index contributed by atoms with van der Waals surface area (Å²) in [5.41, 5.74) is 0. The van der Waals surface area contributed by atoms with Gasteiger partial charge in [-0.2, -0.15) is 0 Å². The van der Waals surface area contributed by atoms with Gasteiger partial charge in [-0.3, -0.25) is 0 Å². The topological polar surface area (TPSA) is 38.8 Å². The number of amides is 1. The number of hydrogen-bond donors (Lipinski definition) is 0. The van der Waals surface area contributed by atoms with E-state index >= 15 is 0 Å². The Morgan fingerprint density at radius 3 is 2.25 bits per heavy atom. The fourth-order valence-electron chi connectivity index (χ4n) is 1.93. The van der Waals surface area contributed by atoms with Crippen LogP contribution < -0.4 is 0 Å². The lowest BCUT2D eigenvalue weighted by molar-refractivity contribution is -0.0825. The van der Waals surface area contributed by atoms with Crippen molar-refractivity contribution in [3.8, 4) is 0 Å². The average molecular weight is 227 g/mol. The van der Waals surface area contributed by atoms with Crippen LogP contribution in [0.25, 0.3) is 0 Å². The largest absolute Gasteiger partial charge is 0.446 e. The van der Waals surface area contributed by atoms with Crippen molar-refractivity contribution >= 4 is 6.09 Å². The van der Waals surface area contributed by atoms with Gasteiger partial charge in [0.2, 0.25) is 0 Å². The van der Waals surface area contributed by atoms with Crippen LogP contribution in [0.5, 0.6) is 0 Å². The first-order valence-electron chi connectivity index (χ1n) is 6.34. The van der Waals surface area contributed by atoms with Gasteiger partial charge in [0.25, 0.3) is 0 Å². The van der Waals surface area contributed by atoms with E-state index in [9.17, 15) is 4.79 Å². The van der Waals surface area contributed by atoms with Crippen LogP contribution in [0, 0.1) is 0 Å². The van der Waals surface area contributed by atoms with Gasteiger partial charge < -0.3 is 14.4 Å². The van der Waals surface area contributed by atoms with Gasteiger partial charge in [-0.25, -0.2) is 4.79 Å². The van der Waals surface area contributed by atoms with Gasteiger partial charge in [0.15, 0.2) is 0 Å². The molecule has 0 N–H and O–H groups in total. The molecule has 1 saturated heterocycles. The zero-order valence-electron chi connectivity index (χ0n) is 10.1. The molecule has 2 rings (SSSR count). The summed E-state index contributed by atoms with van der Waals surface area (Å²) in [5.74, 6) is 0. The summed E-state index contributed by atoms with van der Waals surface area (Å²) in [6.45, 7) is 5.54. The fraction of sp³-hybridized carbons (Fsp3) is 0.917. The first-order valence-corrected chi connectivity index (χ1v) is 6.34. The molecular weight excluding hydrogens is 206 g/mol. The summed E-state index contributed by atoms with van der Waals surface area (Å²) in [7, 11) is 0. The number of carbonyl (C=O) groups is 1. The zero-order valence-corrected chi connectivity index (χ0v) is 10.1. The van der Waals surface area contributed by atoms with E-state index in [-0.39, 0.29) is 24.4 Å². The predicted octanol–water partition coefficient (Wildman–Crippen LogP) is 2.17. The third-order valence-electron chi connectivity index (χ3n) is 3.19. The third-order valence-corrected chi connectivity index (χ3v) is 3.19. The molecule has 2 unspecified atom stereocenters. The first kappa shape index (κ1) is 11.7. The van der Waals surface area contributed by atoms with Crippen LogP contribution in [0.4, 0.5) is 4.79 Å². The van der Waals surface area contributed by atoms with E-state index in [1.165, 1.54) is 0 Å². The molecule has 92 valence electrons. The minimum atomic E-state index is -0.150. The van der Waals surface area contributed by atoms with Gasteiger partial charge >= 0.3 is 6.09 Å². The lowest BCUT2D eigenvalue weighted by atomic mass is 10.1. The average Bonchev–Trinajstić information content (AvgIpc) is 3.12. The van der Waals surface area contributed by atoms with Crippen LogP contribution in [-0.4, -0.2) is 42.4 Å². The van der Waals surface area contributed by atoms with E-state index in [1.807, 2.05) is 4.90 Å². The monoisotopic (exact) mass is 227 g/mol. The van der Waals surface area contributed by atoms with Gasteiger partial charge in [0.1, 0.15) is 6.10 Å². The smallest absolute Gasteiger partial charge is 0.410 e. The second-order valence-electron chi connectivity index (χ2n) is 4.68. The second kappa shape index (κ2) is 5.04. The van der Waals surface area contributed by atoms with Crippen molar-refractivity contribution in [3.05, 3.63) is 0 Å². The number of hydrogen-bond acceptors (Lipinski definition) is 3. The van der Waals surface area contributed by atoms with Crippen molar-refractivity contribution in [2.24, 2.45) is 0 Å². The molecule has 2 fully saturated rings. The second-order valence-corrected chi connectivity index (χ2v) is 4.68. The summed E-state index contributed by atoms with van der Waals surface area (Å²) < 4.78 is 11.2. The molecule has 1 saturated carbocycles. The molecule has 16 heavy (non-hydrogen) atoms. The lowest BCUT2D eigenvalue weighted by Crippen LogP contribution is -2.50. The minimum absolute atomic E-state index is 0.150. The van der Waals surface area contributed by atoms with Crippen LogP contribution in [0.15, 0.2) is 0 Å². The number of ether oxygens (including phenoxy) is 2. The van der Waals surface area contributed by atoms with Crippen LogP contribution in [-0.2, 0) is 9.47 Å². The Kier molecular flexibility index (Phi) is 3.69. The summed E-state index contributed by atoms with van der Waals surface area (Å²) in [4.78, 5) is 13.6. The summed E-state index contributed by atoms with van der Waals surface area (Å²) in [6.07, 6.45) is 4.34. The molecule has 0 spiro atoms. The molecule has 4 nitrogen and oxygen atoms in total. The normalized spacial score (nSPS) is 30.2. The lowest BCUT2D eigenvalue weighted by Gasteiger charge is -2.36. The quantitative estimate of drug-likeness (QED) is 0.741. The van der Waals surface area contributed by atoms with Crippen molar-refractivity contribution in [2.45, 2.75) is 57.8 Å². The molecule has 0 radical (unpaired) electrons. The SMILES string of the molecule is CCC1CN(C(=O)OC2CC2)CC(CC)O1. The summed E-state index contributed by atoms with van der Waals surface area (Å²) in [6, 6.07) is 0. The first-order chi connectivity index (χ1) is 7.72. The van der Waals surface area contributed by atoms with Crippen molar-refractivity contribution < 1.29 is 14.3 Å². The third kappa shape index (κ3) is 2.88. The number of rotatable bonds is 3. The Morgan fingerprint density at radius 1 is 1.25 bits per heavy atom. The molecule has 1 aliphatic carbocycles. The maximum Gasteiger partial charge on any atom is 0.410 e. The van der Waals surface area contributed by atoms with Crippen molar-refractivity contribution in [2.75, 3.05) is 13.1 Å². The maximum absolute atomic E-state index is 11.8. The molecule has 0 bridgehead atoms. The van der Waals surface area contributed by atoms with E-state index in [2.05, 4.69) is 13.8 Å². The molecule has 1 heterocycles. The van der Waals surface area contributed by atoms with E-state index in [1.54, 1.807) is 0 Å². The van der Waals surface area contributed by atoms with E-state index in [0.717, 1.165) is 25.7 Å². The highest BCUT2D eigenvalue weighted by Crippen LogP contribution is 2.25. The Labute approximate surface area is 96.9 Å². The molecule has 1 amide bonds. The Bertz CT molecular complexity index is 241. The van der Waals surface area contributed by atoms with Gasteiger partial charge in [0, 0.05) is 0 Å². The Balaban J connectivity index is 1.88. The van der Waals surface area contributed by atoms with Gasteiger partial charge in [0.05, 0.1) is 25.3 Å². The summed E-state index contributed by atoms with van der Waals surface area (Å²) >= 11 is 0. The molecule has 2 atom stereocenters. The highest BCUT2D eigenvalue weighted by atomic mass is 16.6. The van der Waals surface area contributed by atoms with Gasteiger partial charge in [-0.15, -0.1) is 0 Å². The number of carbonyl (C=O) groups excluding carboxylic acids is 1. The summed E-state index contributed by atoms with van der Waals surface area (Å²) in [5, 5.41) is 0. The maximum atomic E-state index is 11.8. The Morgan fingerprint density at radius 2 is 1.81 bits per heavy atom. The molecule has 4 heteroatoms. The van der Waals surface area contributed by atoms with Crippen LogP contribution in [0.1, 0.15) is 39.5 Å². The van der Waals surface area contributed by atoms with E-state index in [0.29, 0.717) is 13.1 Å². The standard InChI is InChI=1S/C12H21NO3/c1-3-9-7-13(8-10(4-2)15-9)12(14)16-11-5-6-11/h9-11H,3-8H2,1-2H3. The van der Waals surface area contributed by atoms with E-state index < -0.39 is 0 Å². The predicted molar refractivity (Wildman–Crippen MR) is 60.3 cm³/mol. The molecule has 0 aromatic heterocycles. The molecule has 2 aliphatic rings. The van der Waals surface area contributed by atoms with Gasteiger partial charge in [-0.1, -0.05) is 13.8 Å². The molecule has 1 aliphatic heterocycles. The highest BCUT2D eigenvalue weighted by molar-refractivity contribution is 5.68. The van der Waals surface area contributed by atoms with Crippen LogP contribution >= 0.6 is 0 Å². The molecule has 0 aromatic carbocycles. The van der Waals surface area contributed by atoms with Crippen molar-refractivity contribution in [1.82, 2.24) is 4.90 Å². The van der Waals surface area contributed by atoms with E-state index in [4.69, 9.17) is 9.47 Å². The zero-order chi connectivity index (χ0) is 11.5. The minimum Gasteiger partial charge on any atom is -0.446 e. The number of morpholine rings is 1. The molecular formula is C12H21NO3. The number of nitrogens with zero attached hydrogens (tertiary/aromatic N) is 1. The van der Waals surface area contributed by atoms with Crippen LogP contribution in [0.3, 0.4) is 0 Å². The Hall–Kier alpha value is -0.770. The highest BCUT2D eigenvalue weighted by Gasteiger charge is 2.33. The molecule has 0 aromatic rings. The van der Waals surface area contributed by atoms with Crippen molar-refractivity contribution in [3.63, 3.8) is 0 Å².